The van der Waals surface area contributed by atoms with Crippen LogP contribution in [0.3, 0.4) is 0 Å². The third kappa shape index (κ3) is 2.35. The van der Waals surface area contributed by atoms with Gasteiger partial charge in [0.05, 0.1) is 12.4 Å². The minimum atomic E-state index is 0.0393. The van der Waals surface area contributed by atoms with Crippen molar-refractivity contribution < 1.29 is 9.47 Å². The zero-order valence-electron chi connectivity index (χ0n) is 9.83. The fraction of sp³-hybridized carbons (Fsp3) is 0.545. The first kappa shape index (κ1) is 11.8. The van der Waals surface area contributed by atoms with Crippen LogP contribution >= 0.6 is 0 Å². The Labute approximate surface area is 99.8 Å². The summed E-state index contributed by atoms with van der Waals surface area (Å²) in [6.07, 6.45) is 3.15. The largest absolute Gasteiger partial charge is 0.377 e. The summed E-state index contributed by atoms with van der Waals surface area (Å²) in [5.41, 5.74) is 0.319. The summed E-state index contributed by atoms with van der Waals surface area (Å²) >= 11 is 0. The summed E-state index contributed by atoms with van der Waals surface area (Å²) in [6.45, 7) is 1.44. The van der Waals surface area contributed by atoms with Gasteiger partial charge in [0, 0.05) is 27.3 Å². The lowest BCUT2D eigenvalue weighted by Crippen LogP contribution is -2.27. The zero-order valence-corrected chi connectivity index (χ0v) is 9.83. The van der Waals surface area contributed by atoms with Gasteiger partial charge in [0.1, 0.15) is 24.1 Å². The van der Waals surface area contributed by atoms with Gasteiger partial charge >= 0.3 is 0 Å². The molecule has 1 aliphatic rings. The van der Waals surface area contributed by atoms with Gasteiger partial charge in [0.25, 0.3) is 0 Å². The monoisotopic (exact) mass is 234 g/mol. The van der Waals surface area contributed by atoms with Crippen molar-refractivity contribution >= 4 is 5.82 Å². The number of aromatic nitrogens is 2. The van der Waals surface area contributed by atoms with Gasteiger partial charge in [-0.2, -0.15) is 5.26 Å². The van der Waals surface area contributed by atoms with Gasteiger partial charge in [0.2, 0.25) is 0 Å². The van der Waals surface area contributed by atoms with E-state index in [4.69, 9.17) is 14.7 Å². The molecule has 0 aliphatic carbocycles. The normalized spacial score (nSPS) is 23.7. The van der Waals surface area contributed by atoms with Crippen LogP contribution in [-0.4, -0.2) is 49.5 Å². The highest BCUT2D eigenvalue weighted by atomic mass is 16.5. The second-order valence-corrected chi connectivity index (χ2v) is 3.82. The lowest BCUT2D eigenvalue weighted by Gasteiger charge is -2.15. The quantitative estimate of drug-likeness (QED) is 0.744. The molecule has 0 amide bonds. The van der Waals surface area contributed by atoms with Crippen LogP contribution in [0.4, 0.5) is 5.82 Å². The molecule has 2 heterocycles. The van der Waals surface area contributed by atoms with E-state index >= 15 is 0 Å². The molecule has 0 N–H and O–H groups in total. The maximum Gasteiger partial charge on any atom is 0.158 e. The first-order valence-corrected chi connectivity index (χ1v) is 5.31. The van der Waals surface area contributed by atoms with Crippen molar-refractivity contribution in [3.8, 4) is 6.07 Å². The van der Waals surface area contributed by atoms with E-state index in [1.807, 2.05) is 11.0 Å². The van der Waals surface area contributed by atoms with E-state index in [-0.39, 0.29) is 12.2 Å². The van der Waals surface area contributed by atoms with Crippen LogP contribution in [-0.2, 0) is 9.47 Å². The Balaban J connectivity index is 2.11. The van der Waals surface area contributed by atoms with E-state index in [2.05, 4.69) is 9.97 Å². The van der Waals surface area contributed by atoms with Crippen molar-refractivity contribution in [3.05, 3.63) is 18.1 Å². The Bertz CT molecular complexity index is 402. The fourth-order valence-electron chi connectivity index (χ4n) is 1.93. The smallest absolute Gasteiger partial charge is 0.158 e. The van der Waals surface area contributed by atoms with Gasteiger partial charge in [-0.15, -0.1) is 0 Å². The summed E-state index contributed by atoms with van der Waals surface area (Å²) in [6, 6.07) is 1.94. The Morgan fingerprint density at radius 2 is 1.88 bits per heavy atom. The maximum atomic E-state index is 8.65. The van der Waals surface area contributed by atoms with Crippen LogP contribution in [0.5, 0.6) is 0 Å². The third-order valence-electron chi connectivity index (χ3n) is 2.90. The topological polar surface area (TPSA) is 71.3 Å². The molecule has 0 spiro atoms. The number of rotatable bonds is 3. The van der Waals surface area contributed by atoms with E-state index in [1.54, 1.807) is 20.4 Å². The van der Waals surface area contributed by atoms with Gasteiger partial charge in [-0.25, -0.2) is 9.97 Å². The molecule has 2 unspecified atom stereocenters. The standard InChI is InChI=1S/C11H14N4O2/c1-16-9-6-15(7-10(9)17-2)11-5-13-8(3-12)4-14-11/h4-5,9-10H,6-7H2,1-2H3. The molecule has 2 atom stereocenters. The average molecular weight is 234 g/mol. The molecule has 1 aromatic rings. The van der Waals surface area contributed by atoms with Gasteiger partial charge < -0.3 is 14.4 Å². The average Bonchev–Trinajstić information content (AvgIpc) is 2.82. The summed E-state index contributed by atoms with van der Waals surface area (Å²) in [7, 11) is 3.34. The molecule has 1 aliphatic heterocycles. The molecule has 17 heavy (non-hydrogen) atoms. The van der Waals surface area contributed by atoms with Crippen LogP contribution in [0.1, 0.15) is 5.69 Å². The second kappa shape index (κ2) is 5.08. The van der Waals surface area contributed by atoms with Gasteiger partial charge in [-0.05, 0) is 0 Å². The number of methoxy groups -OCH3 is 2. The predicted octanol–water partition coefficient (Wildman–Crippen LogP) is 0.198. The fourth-order valence-corrected chi connectivity index (χ4v) is 1.93. The lowest BCUT2D eigenvalue weighted by molar-refractivity contribution is -0.00461. The Morgan fingerprint density at radius 3 is 2.29 bits per heavy atom. The minimum absolute atomic E-state index is 0.0393. The van der Waals surface area contributed by atoms with Crippen molar-refractivity contribution in [3.63, 3.8) is 0 Å². The number of nitriles is 1. The molecule has 0 bridgehead atoms. The van der Waals surface area contributed by atoms with Gasteiger partial charge in [-0.1, -0.05) is 0 Å². The molecule has 6 nitrogen and oxygen atoms in total. The highest BCUT2D eigenvalue weighted by Gasteiger charge is 2.33. The molecule has 1 aromatic heterocycles. The molecule has 2 rings (SSSR count). The summed E-state index contributed by atoms with van der Waals surface area (Å²) in [4.78, 5) is 10.2. The second-order valence-electron chi connectivity index (χ2n) is 3.82. The molecule has 0 saturated carbocycles. The van der Waals surface area contributed by atoms with E-state index in [0.29, 0.717) is 5.69 Å². The van der Waals surface area contributed by atoms with Crippen LogP contribution in [0.15, 0.2) is 12.4 Å². The van der Waals surface area contributed by atoms with Crippen molar-refractivity contribution in [2.45, 2.75) is 12.2 Å². The van der Waals surface area contributed by atoms with Crippen molar-refractivity contribution in [1.82, 2.24) is 9.97 Å². The van der Waals surface area contributed by atoms with Crippen LogP contribution in [0, 0.1) is 11.3 Å². The van der Waals surface area contributed by atoms with Crippen LogP contribution in [0.25, 0.3) is 0 Å². The van der Waals surface area contributed by atoms with Crippen molar-refractivity contribution in [1.29, 1.82) is 5.26 Å². The number of hydrogen-bond donors (Lipinski definition) is 0. The highest BCUT2D eigenvalue weighted by Crippen LogP contribution is 2.20. The predicted molar refractivity (Wildman–Crippen MR) is 60.6 cm³/mol. The van der Waals surface area contributed by atoms with Crippen molar-refractivity contribution in [2.75, 3.05) is 32.2 Å². The summed E-state index contributed by atoms with van der Waals surface area (Å²) in [5.74, 6) is 0.741. The number of hydrogen-bond acceptors (Lipinski definition) is 6. The van der Waals surface area contributed by atoms with Crippen LogP contribution < -0.4 is 4.90 Å². The lowest BCUT2D eigenvalue weighted by atomic mass is 10.3. The Morgan fingerprint density at radius 1 is 1.24 bits per heavy atom. The van der Waals surface area contributed by atoms with E-state index in [9.17, 15) is 0 Å². The van der Waals surface area contributed by atoms with Crippen LogP contribution in [0.2, 0.25) is 0 Å². The number of ether oxygens (including phenoxy) is 2. The molecule has 0 aromatic carbocycles. The van der Waals surface area contributed by atoms with E-state index in [0.717, 1.165) is 18.9 Å². The number of anilines is 1. The molecule has 0 radical (unpaired) electrons. The Hall–Kier alpha value is -1.71. The minimum Gasteiger partial charge on any atom is -0.377 e. The first-order valence-electron chi connectivity index (χ1n) is 5.31. The molecule has 90 valence electrons. The van der Waals surface area contributed by atoms with E-state index in [1.165, 1.54) is 6.20 Å². The molecule has 6 heteroatoms. The SMILES string of the molecule is COC1CN(c2cnc(C#N)cn2)CC1OC. The third-order valence-corrected chi connectivity index (χ3v) is 2.90. The molecule has 1 saturated heterocycles. The first-order chi connectivity index (χ1) is 8.28. The molecular weight excluding hydrogens is 220 g/mol. The van der Waals surface area contributed by atoms with Gasteiger partial charge in [0.15, 0.2) is 5.69 Å². The highest BCUT2D eigenvalue weighted by molar-refractivity contribution is 5.39. The summed E-state index contributed by atoms with van der Waals surface area (Å²) in [5, 5.41) is 8.65. The number of nitrogens with zero attached hydrogens (tertiary/aromatic N) is 4. The van der Waals surface area contributed by atoms with Crippen molar-refractivity contribution in [2.24, 2.45) is 0 Å². The van der Waals surface area contributed by atoms with Gasteiger partial charge in [-0.3, -0.25) is 0 Å². The summed E-state index contributed by atoms with van der Waals surface area (Å²) < 4.78 is 10.7. The Kier molecular flexibility index (Phi) is 3.52. The molecule has 1 fully saturated rings. The van der Waals surface area contributed by atoms with E-state index < -0.39 is 0 Å². The molecular formula is C11H14N4O2. The maximum absolute atomic E-state index is 8.65. The zero-order chi connectivity index (χ0) is 12.3.